The van der Waals surface area contributed by atoms with Crippen LogP contribution in [0.2, 0.25) is 0 Å². The first kappa shape index (κ1) is 12.2. The molecule has 0 aliphatic rings. The molecule has 0 bridgehead atoms. The number of ether oxygens (including phenoxy) is 1. The molecular formula is C13H23NO. The number of nitrogens with one attached hydrogen (secondary N) is 1. The van der Waals surface area contributed by atoms with Crippen LogP contribution >= 0.6 is 0 Å². The van der Waals surface area contributed by atoms with E-state index in [0.717, 1.165) is 13.2 Å². The molecule has 15 heavy (non-hydrogen) atoms. The molecule has 0 atom stereocenters. The largest absolute Gasteiger partial charge is 0.377 e. The lowest BCUT2D eigenvalue weighted by atomic mass is 10.1. The van der Waals surface area contributed by atoms with Gasteiger partial charge >= 0.3 is 0 Å². The van der Waals surface area contributed by atoms with Crippen LogP contribution in [0.3, 0.4) is 0 Å². The zero-order valence-corrected chi connectivity index (χ0v) is 9.92. The van der Waals surface area contributed by atoms with Crippen LogP contribution in [0.4, 0.5) is 0 Å². The van der Waals surface area contributed by atoms with Gasteiger partial charge in [-0.1, -0.05) is 38.1 Å². The van der Waals surface area contributed by atoms with Crippen LogP contribution in [0.15, 0.2) is 24.3 Å². The predicted molar refractivity (Wildman–Crippen MR) is 65.9 cm³/mol. The van der Waals surface area contributed by atoms with Crippen LogP contribution < -0.4 is 5.32 Å². The zero-order valence-electron chi connectivity index (χ0n) is 9.92. The maximum Gasteiger partial charge on any atom is 0.0716 e. The van der Waals surface area contributed by atoms with E-state index in [1.807, 2.05) is 6.92 Å². The van der Waals surface area contributed by atoms with Gasteiger partial charge in [0.15, 0.2) is 0 Å². The Morgan fingerprint density at radius 2 is 1.80 bits per heavy atom. The molecule has 2 heteroatoms. The normalized spacial score (nSPS) is 10.9. The highest BCUT2D eigenvalue weighted by Gasteiger charge is 1.96. The summed E-state index contributed by atoms with van der Waals surface area (Å²) in [5.41, 5.74) is 2.56. The standard InChI is InChI=1S/C13H21NO.H2/c1-4-15-10-13-7-5-12(6-8-13)9-14-11(2)3;/h5-8,11,14H,4,9-10H2,1-3H3;1H. The van der Waals surface area contributed by atoms with E-state index in [4.69, 9.17) is 4.74 Å². The number of hydrogen-bond donors (Lipinski definition) is 1. The van der Waals surface area contributed by atoms with E-state index in [9.17, 15) is 0 Å². The summed E-state index contributed by atoms with van der Waals surface area (Å²) in [5, 5.41) is 3.39. The van der Waals surface area contributed by atoms with Crippen molar-refractivity contribution < 1.29 is 6.16 Å². The SMILES string of the molecule is CCOCc1ccc(CNC(C)C)cc1.[HH]. The van der Waals surface area contributed by atoms with Gasteiger partial charge in [0.25, 0.3) is 0 Å². The van der Waals surface area contributed by atoms with E-state index in [1.165, 1.54) is 11.1 Å². The molecule has 0 saturated heterocycles. The summed E-state index contributed by atoms with van der Waals surface area (Å²) in [6.07, 6.45) is 0. The zero-order chi connectivity index (χ0) is 11.1. The van der Waals surface area contributed by atoms with Crippen LogP contribution in [0.1, 0.15) is 33.3 Å². The molecule has 0 saturated carbocycles. The third-order valence-electron chi connectivity index (χ3n) is 2.21. The molecule has 1 rings (SSSR count). The Morgan fingerprint density at radius 1 is 1.20 bits per heavy atom. The summed E-state index contributed by atoms with van der Waals surface area (Å²) in [7, 11) is 0. The van der Waals surface area contributed by atoms with Crippen LogP contribution in [-0.4, -0.2) is 12.6 Å². The second-order valence-electron chi connectivity index (χ2n) is 3.99. The van der Waals surface area contributed by atoms with Crippen LogP contribution in [0.25, 0.3) is 0 Å². The lowest BCUT2D eigenvalue weighted by Crippen LogP contribution is -2.21. The molecule has 2 nitrogen and oxygen atoms in total. The van der Waals surface area contributed by atoms with Crippen LogP contribution in [-0.2, 0) is 17.9 Å². The summed E-state index contributed by atoms with van der Waals surface area (Å²) < 4.78 is 5.34. The lowest BCUT2D eigenvalue weighted by Gasteiger charge is -2.08. The Morgan fingerprint density at radius 3 is 2.33 bits per heavy atom. The molecule has 0 amide bonds. The summed E-state index contributed by atoms with van der Waals surface area (Å²) in [6, 6.07) is 9.11. The first-order chi connectivity index (χ1) is 7.22. The Bertz CT molecular complexity index is 272. The van der Waals surface area contributed by atoms with E-state index in [1.54, 1.807) is 0 Å². The van der Waals surface area contributed by atoms with Gasteiger partial charge in [0, 0.05) is 20.6 Å². The number of hydrogen-bond acceptors (Lipinski definition) is 2. The molecule has 0 unspecified atom stereocenters. The highest BCUT2D eigenvalue weighted by molar-refractivity contribution is 5.21. The second kappa shape index (κ2) is 6.59. The summed E-state index contributed by atoms with van der Waals surface area (Å²) >= 11 is 0. The number of rotatable bonds is 6. The molecule has 1 aromatic carbocycles. The van der Waals surface area contributed by atoms with Gasteiger partial charge in [0.2, 0.25) is 0 Å². The Kier molecular flexibility index (Phi) is 5.37. The molecule has 1 N–H and O–H groups in total. The molecule has 0 radical (unpaired) electrons. The minimum Gasteiger partial charge on any atom is -0.377 e. The quantitative estimate of drug-likeness (QED) is 0.777. The molecule has 0 aliphatic carbocycles. The minimum absolute atomic E-state index is 0. The van der Waals surface area contributed by atoms with Gasteiger partial charge in [0.1, 0.15) is 0 Å². The van der Waals surface area contributed by atoms with Gasteiger partial charge in [0.05, 0.1) is 6.61 Å². The summed E-state index contributed by atoms with van der Waals surface area (Å²) in [5.74, 6) is 0. The van der Waals surface area contributed by atoms with Crippen molar-refractivity contribution in [3.05, 3.63) is 35.4 Å². The van der Waals surface area contributed by atoms with Crippen molar-refractivity contribution in [2.45, 2.75) is 40.0 Å². The molecule has 0 aliphatic heterocycles. The van der Waals surface area contributed by atoms with E-state index in [2.05, 4.69) is 43.4 Å². The fourth-order valence-electron chi connectivity index (χ4n) is 1.30. The van der Waals surface area contributed by atoms with E-state index in [0.29, 0.717) is 12.6 Å². The highest BCUT2D eigenvalue weighted by atomic mass is 16.5. The Balaban J connectivity index is 0.00000225. The third kappa shape index (κ3) is 4.96. The lowest BCUT2D eigenvalue weighted by molar-refractivity contribution is 0.134. The van der Waals surface area contributed by atoms with Gasteiger partial charge in [-0.25, -0.2) is 0 Å². The fraction of sp³-hybridized carbons (Fsp3) is 0.538. The van der Waals surface area contributed by atoms with Crippen LogP contribution in [0, 0.1) is 0 Å². The second-order valence-corrected chi connectivity index (χ2v) is 3.99. The average molecular weight is 209 g/mol. The van der Waals surface area contributed by atoms with Crippen molar-refractivity contribution in [1.29, 1.82) is 0 Å². The van der Waals surface area contributed by atoms with Crippen molar-refractivity contribution in [3.8, 4) is 0 Å². The highest BCUT2D eigenvalue weighted by Crippen LogP contribution is 2.05. The first-order valence-corrected chi connectivity index (χ1v) is 5.61. The molecule has 0 heterocycles. The van der Waals surface area contributed by atoms with Crippen molar-refractivity contribution in [3.63, 3.8) is 0 Å². The molecule has 86 valence electrons. The van der Waals surface area contributed by atoms with Crippen molar-refractivity contribution in [2.75, 3.05) is 6.61 Å². The summed E-state index contributed by atoms with van der Waals surface area (Å²) in [6.45, 7) is 8.76. The molecule has 1 aromatic rings. The first-order valence-electron chi connectivity index (χ1n) is 5.61. The third-order valence-corrected chi connectivity index (χ3v) is 2.21. The smallest absolute Gasteiger partial charge is 0.0716 e. The Labute approximate surface area is 94.1 Å². The molecule has 0 spiro atoms. The van der Waals surface area contributed by atoms with Gasteiger partial charge in [-0.2, -0.15) is 0 Å². The predicted octanol–water partition coefficient (Wildman–Crippen LogP) is 2.97. The van der Waals surface area contributed by atoms with Crippen molar-refractivity contribution in [2.24, 2.45) is 0 Å². The van der Waals surface area contributed by atoms with Gasteiger partial charge in [-0.15, -0.1) is 0 Å². The van der Waals surface area contributed by atoms with E-state index < -0.39 is 0 Å². The maximum absolute atomic E-state index is 5.34. The van der Waals surface area contributed by atoms with Crippen molar-refractivity contribution >= 4 is 0 Å². The summed E-state index contributed by atoms with van der Waals surface area (Å²) in [4.78, 5) is 0. The monoisotopic (exact) mass is 209 g/mol. The van der Waals surface area contributed by atoms with Gasteiger partial charge < -0.3 is 10.1 Å². The fourth-order valence-corrected chi connectivity index (χ4v) is 1.30. The van der Waals surface area contributed by atoms with E-state index in [-0.39, 0.29) is 1.43 Å². The van der Waals surface area contributed by atoms with Crippen molar-refractivity contribution in [1.82, 2.24) is 5.32 Å². The Hall–Kier alpha value is -0.860. The number of benzene rings is 1. The average Bonchev–Trinajstić information content (AvgIpc) is 2.25. The molecular weight excluding hydrogens is 186 g/mol. The molecule has 0 fully saturated rings. The van der Waals surface area contributed by atoms with Gasteiger partial charge in [-0.3, -0.25) is 0 Å². The van der Waals surface area contributed by atoms with Crippen LogP contribution in [0.5, 0.6) is 0 Å². The topological polar surface area (TPSA) is 21.3 Å². The molecule has 0 aromatic heterocycles. The van der Waals surface area contributed by atoms with Gasteiger partial charge in [-0.05, 0) is 18.1 Å². The van der Waals surface area contributed by atoms with E-state index >= 15 is 0 Å². The maximum atomic E-state index is 5.34. The minimum atomic E-state index is 0.